The van der Waals surface area contributed by atoms with Gasteiger partial charge in [-0.3, -0.25) is 4.90 Å². The van der Waals surface area contributed by atoms with E-state index in [1.165, 1.54) is 36.8 Å². The second kappa shape index (κ2) is 14.8. The maximum absolute atomic E-state index is 12.5. The number of para-hydroxylation sites is 2. The first kappa shape index (κ1) is 29.6. The van der Waals surface area contributed by atoms with Gasteiger partial charge in [-0.05, 0) is 18.2 Å². The molecule has 1 aliphatic heterocycles. The minimum atomic E-state index is -0.398. The minimum absolute atomic E-state index is 0. The van der Waals surface area contributed by atoms with Crippen molar-refractivity contribution in [3.63, 3.8) is 0 Å². The number of piperazine rings is 1. The highest BCUT2D eigenvalue weighted by atomic mass is 35.5. The van der Waals surface area contributed by atoms with E-state index in [2.05, 4.69) is 12.1 Å². The Balaban J connectivity index is 0.00000289. The van der Waals surface area contributed by atoms with Crippen LogP contribution in [0.2, 0.25) is 0 Å². The van der Waals surface area contributed by atoms with Gasteiger partial charge in [0, 0.05) is 12.5 Å². The second-order valence-corrected chi connectivity index (χ2v) is 7.71. The molecule has 0 amide bonds. The number of hydrogen-bond donors (Lipinski definition) is 2. The van der Waals surface area contributed by atoms with Crippen molar-refractivity contribution >= 4 is 11.7 Å². The molecule has 0 bridgehead atoms. The number of quaternary nitrogens is 2. The number of benzene rings is 2. The molecular formula is C24H34Cl2N2O6. The van der Waals surface area contributed by atoms with E-state index in [1.54, 1.807) is 19.2 Å². The number of ether oxygens (including phenoxy) is 5. The van der Waals surface area contributed by atoms with Crippen molar-refractivity contribution in [3.05, 3.63) is 42.0 Å². The van der Waals surface area contributed by atoms with Gasteiger partial charge < -0.3 is 53.4 Å². The normalized spacial score (nSPS) is 16.9. The summed E-state index contributed by atoms with van der Waals surface area (Å²) in [6.07, 6.45) is 0.815. The van der Waals surface area contributed by atoms with Crippen LogP contribution in [0.5, 0.6) is 23.0 Å². The van der Waals surface area contributed by atoms with Gasteiger partial charge in [-0.25, -0.2) is 4.79 Å². The van der Waals surface area contributed by atoms with Crippen LogP contribution in [-0.2, 0) is 4.74 Å². The highest BCUT2D eigenvalue weighted by Gasteiger charge is 2.26. The Morgan fingerprint density at radius 1 is 0.824 bits per heavy atom. The van der Waals surface area contributed by atoms with Crippen LogP contribution >= 0.6 is 0 Å². The fourth-order valence-corrected chi connectivity index (χ4v) is 4.13. The first-order valence-electron chi connectivity index (χ1n) is 10.9. The fraction of sp³-hybridized carbons (Fsp3) is 0.458. The van der Waals surface area contributed by atoms with Crippen LogP contribution in [-0.4, -0.2) is 73.7 Å². The van der Waals surface area contributed by atoms with E-state index in [0.717, 1.165) is 44.9 Å². The third-order valence-corrected chi connectivity index (χ3v) is 5.86. The Hall–Kier alpha value is -2.39. The lowest BCUT2D eigenvalue weighted by Gasteiger charge is -2.30. The average Bonchev–Trinajstić information content (AvgIpc) is 2.85. The summed E-state index contributed by atoms with van der Waals surface area (Å²) in [6.45, 7) is 5.62. The summed E-state index contributed by atoms with van der Waals surface area (Å²) >= 11 is 0. The van der Waals surface area contributed by atoms with E-state index in [-0.39, 0.29) is 24.8 Å². The highest BCUT2D eigenvalue weighted by molar-refractivity contribution is 5.91. The SMILES string of the molecule is COc1ccccc1[NH+]1CC[NH+](CCCOC(=O)c2cc(OC)c(OC)c(OC)c2)CC1.[Cl-].[Cl-]. The van der Waals surface area contributed by atoms with Crippen LogP contribution in [0.25, 0.3) is 0 Å². The Morgan fingerprint density at radius 3 is 1.97 bits per heavy atom. The second-order valence-electron chi connectivity index (χ2n) is 7.71. The summed E-state index contributed by atoms with van der Waals surface area (Å²) in [4.78, 5) is 15.5. The molecule has 0 spiro atoms. The maximum Gasteiger partial charge on any atom is 0.338 e. The summed E-state index contributed by atoms with van der Waals surface area (Å²) < 4.78 is 26.9. The van der Waals surface area contributed by atoms with Crippen LogP contribution in [0, 0.1) is 0 Å². The van der Waals surface area contributed by atoms with Crippen LogP contribution < -0.4 is 53.6 Å². The van der Waals surface area contributed by atoms with Gasteiger partial charge in [-0.1, -0.05) is 12.1 Å². The number of esters is 1. The van der Waals surface area contributed by atoms with Crippen LogP contribution in [0.15, 0.2) is 36.4 Å². The zero-order valence-corrected chi connectivity index (χ0v) is 21.6. The molecule has 0 radical (unpaired) electrons. The molecule has 0 saturated carbocycles. The molecule has 0 unspecified atom stereocenters. The first-order valence-corrected chi connectivity index (χ1v) is 10.9. The van der Waals surface area contributed by atoms with Gasteiger partial charge in [0.15, 0.2) is 22.9 Å². The molecule has 1 aliphatic rings. The summed E-state index contributed by atoms with van der Waals surface area (Å²) in [5.74, 6) is 1.86. The van der Waals surface area contributed by atoms with E-state index in [9.17, 15) is 4.79 Å². The lowest BCUT2D eigenvalue weighted by Crippen LogP contribution is -3.26. The molecule has 190 valence electrons. The van der Waals surface area contributed by atoms with Crippen molar-refractivity contribution < 1.29 is 63.1 Å². The zero-order chi connectivity index (χ0) is 22.9. The van der Waals surface area contributed by atoms with Crippen molar-refractivity contribution in [3.8, 4) is 23.0 Å². The van der Waals surface area contributed by atoms with Gasteiger partial charge in [-0.2, -0.15) is 0 Å². The number of carbonyl (C=O) groups is 1. The average molecular weight is 517 g/mol. The van der Waals surface area contributed by atoms with Crippen LogP contribution in [0.1, 0.15) is 16.8 Å². The molecule has 2 aromatic rings. The van der Waals surface area contributed by atoms with Gasteiger partial charge in [0.2, 0.25) is 5.75 Å². The van der Waals surface area contributed by atoms with Gasteiger partial charge in [0.1, 0.15) is 26.2 Å². The number of methoxy groups -OCH3 is 4. The van der Waals surface area contributed by atoms with Gasteiger partial charge in [0.05, 0.1) is 47.2 Å². The van der Waals surface area contributed by atoms with Gasteiger partial charge in [-0.15, -0.1) is 0 Å². The van der Waals surface area contributed by atoms with Crippen molar-refractivity contribution in [2.75, 3.05) is 67.8 Å². The predicted octanol–water partition coefficient (Wildman–Crippen LogP) is -5.61. The van der Waals surface area contributed by atoms with E-state index < -0.39 is 5.97 Å². The molecule has 0 aromatic heterocycles. The van der Waals surface area contributed by atoms with Crippen molar-refractivity contribution in [1.82, 2.24) is 0 Å². The molecular weight excluding hydrogens is 483 g/mol. The monoisotopic (exact) mass is 516 g/mol. The minimum Gasteiger partial charge on any atom is -1.00 e. The summed E-state index contributed by atoms with van der Waals surface area (Å²) in [6, 6.07) is 11.4. The highest BCUT2D eigenvalue weighted by Crippen LogP contribution is 2.38. The lowest BCUT2D eigenvalue weighted by molar-refractivity contribution is -0.986. The Morgan fingerprint density at radius 2 is 1.41 bits per heavy atom. The quantitative estimate of drug-likeness (QED) is 0.242. The Kier molecular flexibility index (Phi) is 12.9. The largest absolute Gasteiger partial charge is 1.00 e. The Bertz CT molecular complexity index is 882. The molecule has 1 fully saturated rings. The summed E-state index contributed by atoms with van der Waals surface area (Å²) in [5.41, 5.74) is 1.61. The predicted molar refractivity (Wildman–Crippen MR) is 120 cm³/mol. The van der Waals surface area contributed by atoms with Gasteiger partial charge >= 0.3 is 5.97 Å². The number of nitrogens with one attached hydrogen (secondary N) is 2. The molecule has 1 heterocycles. The molecule has 10 heteroatoms. The third-order valence-electron chi connectivity index (χ3n) is 5.86. The van der Waals surface area contributed by atoms with Crippen LogP contribution in [0.3, 0.4) is 0 Å². The lowest BCUT2D eigenvalue weighted by atomic mass is 10.2. The van der Waals surface area contributed by atoms with E-state index in [4.69, 9.17) is 23.7 Å². The molecule has 2 N–H and O–H groups in total. The van der Waals surface area contributed by atoms with Crippen molar-refractivity contribution in [1.29, 1.82) is 0 Å². The smallest absolute Gasteiger partial charge is 0.338 e. The molecule has 34 heavy (non-hydrogen) atoms. The van der Waals surface area contributed by atoms with Gasteiger partial charge in [0.25, 0.3) is 0 Å². The molecule has 8 nitrogen and oxygen atoms in total. The number of rotatable bonds is 10. The molecule has 0 aliphatic carbocycles. The van der Waals surface area contributed by atoms with Crippen molar-refractivity contribution in [2.24, 2.45) is 0 Å². The zero-order valence-electron chi connectivity index (χ0n) is 20.1. The number of hydrogen-bond acceptors (Lipinski definition) is 6. The first-order chi connectivity index (χ1) is 15.6. The van der Waals surface area contributed by atoms with Crippen LogP contribution in [0.4, 0.5) is 5.69 Å². The third kappa shape index (κ3) is 7.30. The van der Waals surface area contributed by atoms with E-state index in [1.807, 2.05) is 12.1 Å². The number of halogens is 2. The fourth-order valence-electron chi connectivity index (χ4n) is 4.13. The maximum atomic E-state index is 12.5. The number of carbonyl (C=O) groups excluding carboxylic acids is 1. The molecule has 3 rings (SSSR count). The van der Waals surface area contributed by atoms with Crippen molar-refractivity contribution in [2.45, 2.75) is 6.42 Å². The van der Waals surface area contributed by atoms with E-state index >= 15 is 0 Å². The standard InChI is InChI=1S/C24H32N2O6.2ClH/c1-28-20-9-6-5-8-19(20)26-13-11-25(12-14-26)10-7-15-32-24(27)18-16-21(29-2)23(31-4)22(17-18)30-3;;/h5-6,8-9,16-17H,7,10-15H2,1-4H3;2*1H. The summed E-state index contributed by atoms with van der Waals surface area (Å²) in [7, 11) is 6.28. The summed E-state index contributed by atoms with van der Waals surface area (Å²) in [5, 5.41) is 0. The Labute approximate surface area is 213 Å². The molecule has 1 saturated heterocycles. The molecule has 0 atom stereocenters. The topological polar surface area (TPSA) is 72.1 Å². The molecule has 2 aromatic carbocycles. The van der Waals surface area contributed by atoms with E-state index in [0.29, 0.717) is 29.4 Å².